The molecule has 2 aromatic heterocycles. The summed E-state index contributed by atoms with van der Waals surface area (Å²) in [5.41, 5.74) is 3.96. The lowest BCUT2D eigenvalue weighted by Crippen LogP contribution is -2.06. The van der Waals surface area contributed by atoms with E-state index in [0.29, 0.717) is 22.4 Å². The maximum absolute atomic E-state index is 12.6. The minimum absolute atomic E-state index is 0.291. The Balaban J connectivity index is 1.92. The van der Waals surface area contributed by atoms with Gasteiger partial charge in [0, 0.05) is 24.1 Å². The minimum Gasteiger partial charge on any atom is -0.361 e. The fourth-order valence-corrected chi connectivity index (χ4v) is 3.53. The molecule has 1 unspecified atom stereocenters. The lowest BCUT2D eigenvalue weighted by molar-refractivity contribution is 0.392. The monoisotopic (exact) mass is 315 g/mol. The topological polar surface area (TPSA) is 60.9 Å². The molecular formula is C16H17N3O2S. The van der Waals surface area contributed by atoms with E-state index in [0.717, 1.165) is 16.8 Å². The van der Waals surface area contributed by atoms with E-state index in [2.05, 4.69) is 28.3 Å². The van der Waals surface area contributed by atoms with Crippen LogP contribution in [0.3, 0.4) is 0 Å². The zero-order valence-corrected chi connectivity index (χ0v) is 13.6. The number of aryl methyl sites for hydroxylation is 3. The Hall–Kier alpha value is -2.21. The van der Waals surface area contributed by atoms with Crippen molar-refractivity contribution >= 4 is 10.8 Å². The normalized spacial score (nSPS) is 12.5. The fourth-order valence-electron chi connectivity index (χ4n) is 2.43. The number of aromatic nitrogens is 3. The van der Waals surface area contributed by atoms with Crippen molar-refractivity contribution in [2.24, 2.45) is 0 Å². The van der Waals surface area contributed by atoms with Crippen molar-refractivity contribution in [2.45, 2.75) is 31.7 Å². The molecular weight excluding hydrogens is 298 g/mol. The van der Waals surface area contributed by atoms with Crippen LogP contribution in [-0.4, -0.2) is 18.9 Å². The fraction of sp³-hybridized carbons (Fsp3) is 0.250. The first kappa shape index (κ1) is 14.7. The largest absolute Gasteiger partial charge is 0.361 e. The van der Waals surface area contributed by atoms with E-state index in [4.69, 9.17) is 4.52 Å². The average molecular weight is 315 g/mol. The van der Waals surface area contributed by atoms with Crippen LogP contribution < -0.4 is 0 Å². The van der Waals surface area contributed by atoms with Gasteiger partial charge in [0.15, 0.2) is 0 Å². The van der Waals surface area contributed by atoms with Gasteiger partial charge in [0.1, 0.15) is 5.76 Å². The number of hydrogen-bond donors (Lipinski definition) is 0. The van der Waals surface area contributed by atoms with Crippen molar-refractivity contribution in [1.82, 2.24) is 14.7 Å². The molecule has 1 aromatic carbocycles. The second-order valence-electron chi connectivity index (χ2n) is 5.34. The third-order valence-electron chi connectivity index (χ3n) is 3.25. The van der Waals surface area contributed by atoms with E-state index < -0.39 is 10.8 Å². The lowest BCUT2D eigenvalue weighted by atomic mass is 10.1. The van der Waals surface area contributed by atoms with Crippen LogP contribution in [0.4, 0.5) is 0 Å². The highest BCUT2D eigenvalue weighted by molar-refractivity contribution is 7.84. The van der Waals surface area contributed by atoms with Gasteiger partial charge in [0.25, 0.3) is 0 Å². The number of rotatable bonds is 4. The second kappa shape index (κ2) is 5.88. The van der Waals surface area contributed by atoms with Crippen molar-refractivity contribution in [3.8, 4) is 5.69 Å². The van der Waals surface area contributed by atoms with Crippen molar-refractivity contribution in [2.75, 3.05) is 0 Å². The second-order valence-corrected chi connectivity index (χ2v) is 6.69. The summed E-state index contributed by atoms with van der Waals surface area (Å²) in [5, 5.41) is 4.41. The van der Waals surface area contributed by atoms with Crippen molar-refractivity contribution in [1.29, 1.82) is 0 Å². The van der Waals surface area contributed by atoms with Crippen LogP contribution in [0.2, 0.25) is 0 Å². The summed E-state index contributed by atoms with van der Waals surface area (Å²) in [7, 11) is -1.29. The predicted octanol–water partition coefficient (Wildman–Crippen LogP) is 3.09. The Kier molecular flexibility index (Phi) is 3.94. The van der Waals surface area contributed by atoms with E-state index in [-0.39, 0.29) is 0 Å². The number of hydrogen-bond acceptors (Lipinski definition) is 4. The van der Waals surface area contributed by atoms with Crippen LogP contribution in [-0.2, 0) is 16.6 Å². The highest BCUT2D eigenvalue weighted by atomic mass is 32.2. The van der Waals surface area contributed by atoms with Crippen LogP contribution in [0.25, 0.3) is 5.69 Å². The summed E-state index contributed by atoms with van der Waals surface area (Å²) >= 11 is 0. The first-order valence-electron chi connectivity index (χ1n) is 6.95. The van der Waals surface area contributed by atoms with Gasteiger partial charge in [0.05, 0.1) is 22.2 Å². The molecule has 0 amide bonds. The van der Waals surface area contributed by atoms with Crippen LogP contribution >= 0.6 is 0 Å². The molecule has 3 rings (SSSR count). The SMILES string of the molecule is Cc1cc(C)cc(-n2ccnc2S(=O)Cc2cc(C)on2)c1. The molecule has 5 nitrogen and oxygen atoms in total. The molecule has 0 saturated heterocycles. The summed E-state index contributed by atoms with van der Waals surface area (Å²) in [4.78, 5) is 4.26. The van der Waals surface area contributed by atoms with Gasteiger partial charge in [0.2, 0.25) is 5.16 Å². The molecule has 0 N–H and O–H groups in total. The Morgan fingerprint density at radius 1 is 1.14 bits per heavy atom. The quantitative estimate of drug-likeness (QED) is 0.742. The highest BCUT2D eigenvalue weighted by Crippen LogP contribution is 2.19. The average Bonchev–Trinajstić information content (AvgIpc) is 3.06. The predicted molar refractivity (Wildman–Crippen MR) is 84.4 cm³/mol. The Morgan fingerprint density at radius 2 is 1.86 bits per heavy atom. The molecule has 1 atom stereocenters. The van der Waals surface area contributed by atoms with Gasteiger partial charge >= 0.3 is 0 Å². The van der Waals surface area contributed by atoms with Crippen LogP contribution in [0.15, 0.2) is 46.3 Å². The molecule has 0 radical (unpaired) electrons. The maximum atomic E-state index is 12.6. The van der Waals surface area contributed by atoms with Crippen molar-refractivity contribution in [3.63, 3.8) is 0 Å². The summed E-state index contributed by atoms with van der Waals surface area (Å²) in [6.45, 7) is 5.90. The number of benzene rings is 1. The molecule has 0 aliphatic carbocycles. The number of nitrogens with zero attached hydrogens (tertiary/aromatic N) is 3. The van der Waals surface area contributed by atoms with Gasteiger partial charge in [-0.1, -0.05) is 11.2 Å². The van der Waals surface area contributed by atoms with Crippen molar-refractivity contribution in [3.05, 3.63) is 59.2 Å². The van der Waals surface area contributed by atoms with Crippen LogP contribution in [0.5, 0.6) is 0 Å². The zero-order valence-electron chi connectivity index (χ0n) is 12.7. The van der Waals surface area contributed by atoms with E-state index in [1.807, 2.05) is 31.5 Å². The molecule has 22 heavy (non-hydrogen) atoms. The molecule has 0 aliphatic rings. The maximum Gasteiger partial charge on any atom is 0.203 e. The molecule has 2 heterocycles. The van der Waals surface area contributed by atoms with E-state index >= 15 is 0 Å². The molecule has 114 valence electrons. The zero-order chi connectivity index (χ0) is 15.7. The minimum atomic E-state index is -1.29. The highest BCUT2D eigenvalue weighted by Gasteiger charge is 2.15. The smallest absolute Gasteiger partial charge is 0.203 e. The van der Waals surface area contributed by atoms with Crippen LogP contribution in [0, 0.1) is 20.8 Å². The molecule has 0 spiro atoms. The molecule has 3 aromatic rings. The van der Waals surface area contributed by atoms with Crippen LogP contribution in [0.1, 0.15) is 22.6 Å². The van der Waals surface area contributed by atoms with E-state index in [1.54, 1.807) is 12.3 Å². The van der Waals surface area contributed by atoms with Gasteiger partial charge < -0.3 is 4.52 Å². The van der Waals surface area contributed by atoms with E-state index in [9.17, 15) is 4.21 Å². The lowest BCUT2D eigenvalue weighted by Gasteiger charge is -2.09. The Labute approximate surface area is 131 Å². The van der Waals surface area contributed by atoms with Gasteiger partial charge in [-0.2, -0.15) is 0 Å². The Morgan fingerprint density at radius 3 is 2.50 bits per heavy atom. The summed E-state index contributed by atoms with van der Waals surface area (Å²) < 4.78 is 19.5. The van der Waals surface area contributed by atoms with Crippen molar-refractivity contribution < 1.29 is 8.73 Å². The molecule has 0 aliphatic heterocycles. The number of imidazole rings is 1. The van der Waals surface area contributed by atoms with E-state index in [1.165, 1.54) is 0 Å². The summed E-state index contributed by atoms with van der Waals surface area (Å²) in [6, 6.07) is 8.00. The third-order valence-corrected chi connectivity index (χ3v) is 4.52. The first-order chi connectivity index (χ1) is 10.5. The Bertz CT molecular complexity index is 815. The standard InChI is InChI=1S/C16H17N3O2S/c1-11-6-12(2)8-15(7-11)19-5-4-17-16(19)22(20)10-14-9-13(3)21-18-14/h4-9H,10H2,1-3H3. The van der Waals surface area contributed by atoms with Gasteiger partial charge in [-0.05, 0) is 44.0 Å². The summed E-state index contributed by atoms with van der Waals surface area (Å²) in [6.07, 6.45) is 3.49. The molecule has 0 bridgehead atoms. The molecule has 0 saturated carbocycles. The molecule has 0 fully saturated rings. The molecule has 6 heteroatoms. The van der Waals surface area contributed by atoms with Gasteiger partial charge in [-0.25, -0.2) is 4.98 Å². The van der Waals surface area contributed by atoms with Gasteiger partial charge in [-0.3, -0.25) is 8.78 Å². The summed E-state index contributed by atoms with van der Waals surface area (Å²) in [5.74, 6) is 1.00. The third kappa shape index (κ3) is 3.01. The first-order valence-corrected chi connectivity index (χ1v) is 8.27. The van der Waals surface area contributed by atoms with Gasteiger partial charge in [-0.15, -0.1) is 0 Å².